The molecule has 0 bridgehead atoms. The molecule has 0 aliphatic carbocycles. The highest BCUT2D eigenvalue weighted by Crippen LogP contribution is 2.45. The van der Waals surface area contributed by atoms with E-state index in [2.05, 4.69) is 6.07 Å². The van der Waals surface area contributed by atoms with E-state index in [4.69, 9.17) is 14.2 Å². The molecule has 0 atom stereocenters. The summed E-state index contributed by atoms with van der Waals surface area (Å²) in [5, 5.41) is 14.9. The van der Waals surface area contributed by atoms with Gasteiger partial charge in [-0.15, -0.1) is 0 Å². The molecule has 0 radical (unpaired) electrons. The third-order valence-electron chi connectivity index (χ3n) is 5.93. The fourth-order valence-corrected chi connectivity index (χ4v) is 4.21. The minimum absolute atomic E-state index is 0.135. The average molecular weight is 437 g/mol. The fourth-order valence-electron chi connectivity index (χ4n) is 4.21. The summed E-state index contributed by atoms with van der Waals surface area (Å²) in [6.07, 6.45) is -0.447. The highest BCUT2D eigenvalue weighted by molar-refractivity contribution is 6.13. The number of hydrogen-bond donors (Lipinski definition) is 1. The number of phenolic OH excluding ortho intramolecular Hbond substituents is 1. The van der Waals surface area contributed by atoms with Crippen LogP contribution in [0.1, 0.15) is 17.2 Å². The standard InChI is InChI=1S/C29H24O4/c1-31-21-15-11-19(12-16-21)28(20-13-17-22(32-2)18-14-20)33-29-26-10-6-4-8-24(26)23-7-3-5-9-25(23)27(29)30/h3-18,28,30H,1-2H3. The van der Waals surface area contributed by atoms with Crippen LogP contribution in [0.4, 0.5) is 0 Å². The minimum Gasteiger partial charge on any atom is -0.504 e. The Balaban J connectivity index is 1.69. The van der Waals surface area contributed by atoms with Crippen LogP contribution >= 0.6 is 0 Å². The zero-order chi connectivity index (χ0) is 22.8. The lowest BCUT2D eigenvalue weighted by Crippen LogP contribution is -2.10. The summed E-state index contributed by atoms with van der Waals surface area (Å²) in [5.41, 5.74) is 1.88. The van der Waals surface area contributed by atoms with Crippen LogP contribution in [0.2, 0.25) is 0 Å². The van der Waals surface area contributed by atoms with Crippen LogP contribution in [0.3, 0.4) is 0 Å². The number of fused-ring (bicyclic) bond motifs is 3. The lowest BCUT2D eigenvalue weighted by atomic mass is 9.98. The average Bonchev–Trinajstić information content (AvgIpc) is 2.89. The van der Waals surface area contributed by atoms with Gasteiger partial charge in [0.15, 0.2) is 11.5 Å². The van der Waals surface area contributed by atoms with Gasteiger partial charge in [-0.1, -0.05) is 72.8 Å². The van der Waals surface area contributed by atoms with Gasteiger partial charge in [0.1, 0.15) is 17.6 Å². The SMILES string of the molecule is COc1ccc(C(Oc2c(O)c3ccccc3c3ccccc23)c2ccc(OC)cc2)cc1. The van der Waals surface area contributed by atoms with Crippen molar-refractivity contribution in [1.82, 2.24) is 0 Å². The summed E-state index contributed by atoms with van der Waals surface area (Å²) >= 11 is 0. The van der Waals surface area contributed by atoms with Gasteiger partial charge in [0.25, 0.3) is 0 Å². The van der Waals surface area contributed by atoms with Crippen molar-refractivity contribution in [2.45, 2.75) is 6.10 Å². The molecular weight excluding hydrogens is 412 g/mol. The first kappa shape index (κ1) is 20.7. The van der Waals surface area contributed by atoms with Gasteiger partial charge in [0.05, 0.1) is 14.2 Å². The van der Waals surface area contributed by atoms with Gasteiger partial charge in [-0.2, -0.15) is 0 Å². The molecule has 0 aromatic heterocycles. The molecule has 0 saturated heterocycles. The second-order valence-electron chi connectivity index (χ2n) is 7.81. The van der Waals surface area contributed by atoms with Crippen molar-refractivity contribution in [2.24, 2.45) is 0 Å². The van der Waals surface area contributed by atoms with E-state index in [1.807, 2.05) is 91.0 Å². The predicted molar refractivity (Wildman–Crippen MR) is 132 cm³/mol. The third kappa shape index (κ3) is 3.80. The molecule has 0 aliphatic heterocycles. The van der Waals surface area contributed by atoms with Crippen molar-refractivity contribution in [1.29, 1.82) is 0 Å². The second kappa shape index (κ2) is 8.75. The van der Waals surface area contributed by atoms with Crippen LogP contribution < -0.4 is 14.2 Å². The molecule has 0 aliphatic rings. The van der Waals surface area contributed by atoms with Crippen molar-refractivity contribution in [2.75, 3.05) is 14.2 Å². The molecule has 5 rings (SSSR count). The first-order valence-corrected chi connectivity index (χ1v) is 10.8. The molecule has 0 heterocycles. The summed E-state index contributed by atoms with van der Waals surface area (Å²) < 4.78 is 17.3. The largest absolute Gasteiger partial charge is 0.504 e. The molecule has 33 heavy (non-hydrogen) atoms. The van der Waals surface area contributed by atoms with E-state index in [0.717, 1.165) is 44.2 Å². The summed E-state index contributed by atoms with van der Waals surface area (Å²) in [5.74, 6) is 2.13. The van der Waals surface area contributed by atoms with Crippen LogP contribution in [-0.4, -0.2) is 19.3 Å². The Morgan fingerprint density at radius 1 is 0.545 bits per heavy atom. The van der Waals surface area contributed by atoms with Gasteiger partial charge >= 0.3 is 0 Å². The zero-order valence-corrected chi connectivity index (χ0v) is 18.5. The molecule has 0 fully saturated rings. The van der Waals surface area contributed by atoms with Crippen molar-refractivity contribution in [3.63, 3.8) is 0 Å². The molecule has 0 spiro atoms. The molecule has 0 saturated carbocycles. The molecule has 164 valence electrons. The molecule has 0 amide bonds. The van der Waals surface area contributed by atoms with Gasteiger partial charge in [0, 0.05) is 10.8 Å². The second-order valence-corrected chi connectivity index (χ2v) is 7.81. The number of rotatable bonds is 6. The molecule has 4 heteroatoms. The van der Waals surface area contributed by atoms with Crippen LogP contribution in [0, 0.1) is 0 Å². The van der Waals surface area contributed by atoms with Crippen LogP contribution in [0.25, 0.3) is 21.5 Å². The number of ether oxygens (including phenoxy) is 3. The first-order chi connectivity index (χ1) is 16.2. The Labute approximate surface area is 192 Å². The Bertz CT molecular complexity index is 1360. The van der Waals surface area contributed by atoms with Crippen LogP contribution in [0.15, 0.2) is 97.1 Å². The van der Waals surface area contributed by atoms with Crippen molar-refractivity contribution >= 4 is 21.5 Å². The predicted octanol–water partition coefficient (Wildman–Crippen LogP) is 6.88. The maximum absolute atomic E-state index is 11.3. The number of benzene rings is 5. The molecule has 4 nitrogen and oxygen atoms in total. The lowest BCUT2D eigenvalue weighted by molar-refractivity contribution is 0.240. The zero-order valence-electron chi connectivity index (χ0n) is 18.5. The van der Waals surface area contributed by atoms with Crippen molar-refractivity contribution in [3.8, 4) is 23.0 Å². The van der Waals surface area contributed by atoms with Gasteiger partial charge in [0.2, 0.25) is 0 Å². The van der Waals surface area contributed by atoms with Gasteiger partial charge in [-0.3, -0.25) is 0 Å². The molecular formula is C29H24O4. The van der Waals surface area contributed by atoms with E-state index in [0.29, 0.717) is 5.75 Å². The molecule has 5 aromatic carbocycles. The smallest absolute Gasteiger partial charge is 0.170 e. The number of aromatic hydroxyl groups is 1. The number of methoxy groups -OCH3 is 2. The minimum atomic E-state index is -0.447. The first-order valence-electron chi connectivity index (χ1n) is 10.8. The van der Waals surface area contributed by atoms with Gasteiger partial charge in [-0.05, 0) is 46.2 Å². The van der Waals surface area contributed by atoms with Gasteiger partial charge < -0.3 is 19.3 Å². The quantitative estimate of drug-likeness (QED) is 0.295. The van der Waals surface area contributed by atoms with Crippen molar-refractivity contribution in [3.05, 3.63) is 108 Å². The number of phenols is 1. The topological polar surface area (TPSA) is 47.9 Å². The maximum atomic E-state index is 11.3. The number of hydrogen-bond acceptors (Lipinski definition) is 4. The third-order valence-corrected chi connectivity index (χ3v) is 5.93. The van der Waals surface area contributed by atoms with E-state index >= 15 is 0 Å². The molecule has 5 aromatic rings. The van der Waals surface area contributed by atoms with E-state index in [1.54, 1.807) is 14.2 Å². The normalized spacial score (nSPS) is 11.1. The fraction of sp³-hybridized carbons (Fsp3) is 0.103. The lowest BCUT2D eigenvalue weighted by Gasteiger charge is -2.23. The van der Waals surface area contributed by atoms with Crippen LogP contribution in [-0.2, 0) is 0 Å². The van der Waals surface area contributed by atoms with E-state index < -0.39 is 6.10 Å². The monoisotopic (exact) mass is 436 g/mol. The Morgan fingerprint density at radius 3 is 1.45 bits per heavy atom. The Kier molecular flexibility index (Phi) is 5.49. The van der Waals surface area contributed by atoms with Crippen molar-refractivity contribution < 1.29 is 19.3 Å². The Morgan fingerprint density at radius 2 is 0.970 bits per heavy atom. The molecule has 1 N–H and O–H groups in total. The Hall–Kier alpha value is -4.18. The highest BCUT2D eigenvalue weighted by atomic mass is 16.5. The maximum Gasteiger partial charge on any atom is 0.170 e. The summed E-state index contributed by atoms with van der Waals surface area (Å²) in [6, 6.07) is 31.4. The molecule has 0 unspecified atom stereocenters. The summed E-state index contributed by atoms with van der Waals surface area (Å²) in [6.45, 7) is 0. The summed E-state index contributed by atoms with van der Waals surface area (Å²) in [7, 11) is 3.29. The van der Waals surface area contributed by atoms with E-state index in [1.165, 1.54) is 0 Å². The van der Waals surface area contributed by atoms with Crippen LogP contribution in [0.5, 0.6) is 23.0 Å². The van der Waals surface area contributed by atoms with Gasteiger partial charge in [-0.25, -0.2) is 0 Å². The highest BCUT2D eigenvalue weighted by Gasteiger charge is 2.22. The summed E-state index contributed by atoms with van der Waals surface area (Å²) in [4.78, 5) is 0. The van der Waals surface area contributed by atoms with E-state index in [-0.39, 0.29) is 5.75 Å². The van der Waals surface area contributed by atoms with E-state index in [9.17, 15) is 5.11 Å².